The Balaban J connectivity index is 0.000000960. The summed E-state index contributed by atoms with van der Waals surface area (Å²) >= 11 is 3.22. The predicted octanol–water partition coefficient (Wildman–Crippen LogP) is 4.13. The Hall–Kier alpha value is -4.10. The van der Waals surface area contributed by atoms with Gasteiger partial charge in [0.05, 0.1) is 77.3 Å². The number of esters is 2. The van der Waals surface area contributed by atoms with Crippen molar-refractivity contribution in [2.45, 2.75) is 40.3 Å². The zero-order valence-electron chi connectivity index (χ0n) is 28.4. The Bertz CT molecular complexity index is 1350. The average Bonchev–Trinajstić information content (AvgIpc) is 3.10. The van der Waals surface area contributed by atoms with Crippen LogP contribution in [0.3, 0.4) is 0 Å². The first-order valence-electron chi connectivity index (χ1n) is 15.1. The highest BCUT2D eigenvalue weighted by Crippen LogP contribution is 2.35. The molecule has 2 aromatic rings. The molecule has 282 valence electrons. The van der Waals surface area contributed by atoms with E-state index in [1.165, 1.54) is 46.6 Å². The smallest absolute Gasteiger partial charge is 0.319 e. The third-order valence-electron chi connectivity index (χ3n) is 6.51. The Morgan fingerprint density at radius 3 is 1.72 bits per heavy atom. The summed E-state index contributed by atoms with van der Waals surface area (Å²) in [6.45, 7) is 4.75. The second kappa shape index (κ2) is 26.7. The quantitative estimate of drug-likeness (QED) is 0.0535. The maximum Gasteiger partial charge on any atom is 0.319 e. The van der Waals surface area contributed by atoms with E-state index in [0.717, 1.165) is 5.56 Å². The lowest BCUT2D eigenvalue weighted by atomic mass is 10.0. The Kier molecular flexibility index (Phi) is 24.5. The highest BCUT2D eigenvalue weighted by atomic mass is 79.9. The van der Waals surface area contributed by atoms with Gasteiger partial charge in [-0.3, -0.25) is 29.8 Å². The highest BCUT2D eigenvalue weighted by Gasteiger charge is 2.21. The van der Waals surface area contributed by atoms with E-state index in [9.17, 15) is 29.8 Å². The SMILES string of the molecule is C.CCOCCOCCCc1cc([N+](=O)[O-])c(CNCC(=O)OC)cc1OC.COC(=O)CNCc1cc(OC)c(OCCBr)cc1[N+](=O)[O-]. The normalized spacial score (nSPS) is 10.2. The third-order valence-corrected chi connectivity index (χ3v) is 6.83. The van der Waals surface area contributed by atoms with E-state index in [1.807, 2.05) is 6.92 Å². The van der Waals surface area contributed by atoms with Gasteiger partial charge >= 0.3 is 11.9 Å². The van der Waals surface area contributed by atoms with Crippen LogP contribution in [0.25, 0.3) is 0 Å². The van der Waals surface area contributed by atoms with Gasteiger partial charge in [-0.1, -0.05) is 23.4 Å². The van der Waals surface area contributed by atoms with Crippen molar-refractivity contribution in [3.8, 4) is 17.2 Å². The molecule has 0 bridgehead atoms. The van der Waals surface area contributed by atoms with Crippen molar-refractivity contribution in [2.75, 3.05) is 79.9 Å². The van der Waals surface area contributed by atoms with Crippen LogP contribution in [0, 0.1) is 20.2 Å². The summed E-state index contributed by atoms with van der Waals surface area (Å²) in [7, 11) is 5.53. The topological polar surface area (TPSA) is 209 Å². The van der Waals surface area contributed by atoms with Gasteiger partial charge in [0, 0.05) is 54.4 Å². The lowest BCUT2D eigenvalue weighted by Crippen LogP contribution is -2.23. The fourth-order valence-electron chi connectivity index (χ4n) is 4.15. The molecule has 0 heterocycles. The average molecular weight is 778 g/mol. The number of rotatable bonds is 23. The number of nitro groups is 2. The summed E-state index contributed by atoms with van der Waals surface area (Å²) in [6.07, 6.45) is 1.30. The van der Waals surface area contributed by atoms with Gasteiger partial charge in [-0.15, -0.1) is 0 Å². The zero-order chi connectivity index (χ0) is 36.6. The first kappa shape index (κ1) is 45.9. The molecule has 0 aliphatic rings. The number of methoxy groups -OCH3 is 4. The number of carbonyl (C=O) groups is 2. The van der Waals surface area contributed by atoms with Gasteiger partial charge < -0.3 is 43.8 Å². The van der Waals surface area contributed by atoms with E-state index < -0.39 is 21.8 Å². The van der Waals surface area contributed by atoms with Gasteiger partial charge in [0.1, 0.15) is 5.75 Å². The second-order valence-electron chi connectivity index (χ2n) is 9.75. The molecule has 2 aromatic carbocycles. The summed E-state index contributed by atoms with van der Waals surface area (Å²) < 4.78 is 35.7. The van der Waals surface area contributed by atoms with Crippen molar-refractivity contribution < 1.29 is 52.6 Å². The Morgan fingerprint density at radius 2 is 1.24 bits per heavy atom. The largest absolute Gasteiger partial charge is 0.496 e. The van der Waals surface area contributed by atoms with Crippen LogP contribution in [0.1, 0.15) is 37.5 Å². The van der Waals surface area contributed by atoms with E-state index in [2.05, 4.69) is 36.0 Å². The number of alkyl halides is 1. The van der Waals surface area contributed by atoms with Gasteiger partial charge in [-0.2, -0.15) is 0 Å². The van der Waals surface area contributed by atoms with Crippen molar-refractivity contribution >= 4 is 39.2 Å². The minimum Gasteiger partial charge on any atom is -0.496 e. The molecule has 0 aromatic heterocycles. The standard InChI is InChI=1S/C18H28N2O7.C13H17BrN2O6.CH4/c1-4-26-8-9-27-7-5-6-14-10-16(20(22)23)15(11-17(14)24-2)12-19-13-18(21)25-3;1-20-11-5-9(7-15-8-13(17)21-2)10(16(18)19)6-12(11)22-4-3-14;/h10-11,19H,4-9,12-13H2,1-3H3;5-6,15H,3-4,7-8H2,1-2H3;1H4. The number of carbonyl (C=O) groups excluding carboxylic acids is 2. The monoisotopic (exact) mass is 776 g/mol. The fraction of sp³-hybridized carbons (Fsp3) is 0.562. The summed E-state index contributed by atoms with van der Waals surface area (Å²) in [6, 6.07) is 5.99. The first-order chi connectivity index (χ1) is 23.6. The highest BCUT2D eigenvalue weighted by molar-refractivity contribution is 9.09. The van der Waals surface area contributed by atoms with Crippen molar-refractivity contribution in [1.29, 1.82) is 0 Å². The third kappa shape index (κ3) is 17.0. The summed E-state index contributed by atoms with van der Waals surface area (Å²) in [5.41, 5.74) is 1.45. The predicted molar refractivity (Wildman–Crippen MR) is 188 cm³/mol. The number of ether oxygens (including phenoxy) is 7. The maximum absolute atomic E-state index is 11.4. The number of hydrogen-bond donors (Lipinski definition) is 2. The molecule has 0 saturated carbocycles. The van der Waals surface area contributed by atoms with Gasteiger partial charge in [0.15, 0.2) is 11.5 Å². The number of nitrogens with zero attached hydrogens (tertiary/aromatic N) is 2. The van der Waals surface area contributed by atoms with Crippen LogP contribution in [0.4, 0.5) is 11.4 Å². The molecule has 0 amide bonds. The van der Waals surface area contributed by atoms with E-state index in [0.29, 0.717) is 79.6 Å². The molecule has 0 fully saturated rings. The van der Waals surface area contributed by atoms with Crippen LogP contribution < -0.4 is 24.8 Å². The number of aryl methyl sites for hydroxylation is 1. The molecule has 0 unspecified atom stereocenters. The molecule has 0 radical (unpaired) electrons. The molecule has 2 N–H and O–H groups in total. The first-order valence-corrected chi connectivity index (χ1v) is 16.3. The molecule has 50 heavy (non-hydrogen) atoms. The van der Waals surface area contributed by atoms with Gasteiger partial charge in [0.25, 0.3) is 11.4 Å². The molecule has 17 nitrogen and oxygen atoms in total. The minimum absolute atomic E-state index is 0. The number of nitro benzene ring substituents is 2. The number of halogens is 1. The molecule has 0 spiro atoms. The zero-order valence-corrected chi connectivity index (χ0v) is 30.0. The van der Waals surface area contributed by atoms with Crippen molar-refractivity contribution in [2.24, 2.45) is 0 Å². The van der Waals surface area contributed by atoms with Gasteiger partial charge in [-0.05, 0) is 31.9 Å². The van der Waals surface area contributed by atoms with Crippen LogP contribution in [0.2, 0.25) is 0 Å². The Morgan fingerprint density at radius 1 is 0.720 bits per heavy atom. The van der Waals surface area contributed by atoms with E-state index in [4.69, 9.17) is 23.7 Å². The van der Waals surface area contributed by atoms with E-state index in [1.54, 1.807) is 6.07 Å². The lowest BCUT2D eigenvalue weighted by Gasteiger charge is -2.12. The molecule has 0 saturated heterocycles. The summed E-state index contributed by atoms with van der Waals surface area (Å²) in [5, 5.41) is 28.8. The minimum atomic E-state index is -0.504. The fourth-order valence-corrected chi connectivity index (χ4v) is 4.31. The van der Waals surface area contributed by atoms with Crippen molar-refractivity contribution in [3.05, 3.63) is 61.2 Å². The van der Waals surface area contributed by atoms with Crippen LogP contribution in [-0.2, 0) is 48.0 Å². The number of benzene rings is 2. The molecular weight excluding hydrogens is 728 g/mol. The van der Waals surface area contributed by atoms with Crippen molar-refractivity contribution in [3.63, 3.8) is 0 Å². The second-order valence-corrected chi connectivity index (χ2v) is 10.5. The summed E-state index contributed by atoms with van der Waals surface area (Å²) in [4.78, 5) is 43.9. The van der Waals surface area contributed by atoms with Crippen LogP contribution >= 0.6 is 15.9 Å². The van der Waals surface area contributed by atoms with Crippen LogP contribution in [0.5, 0.6) is 17.2 Å². The van der Waals surface area contributed by atoms with Crippen LogP contribution in [-0.4, -0.2) is 102 Å². The Labute approximate surface area is 300 Å². The molecule has 0 atom stereocenters. The molecule has 2 rings (SSSR count). The molecule has 18 heteroatoms. The van der Waals surface area contributed by atoms with Crippen LogP contribution in [0.15, 0.2) is 24.3 Å². The maximum atomic E-state index is 11.4. The molecular formula is C32H49BrN4O13. The summed E-state index contributed by atoms with van der Waals surface area (Å²) in [5.74, 6) is 0.369. The number of nitrogens with one attached hydrogen (secondary N) is 2. The van der Waals surface area contributed by atoms with Gasteiger partial charge in [0.2, 0.25) is 0 Å². The van der Waals surface area contributed by atoms with Gasteiger partial charge in [-0.25, -0.2) is 0 Å². The molecule has 0 aliphatic carbocycles. The lowest BCUT2D eigenvalue weighted by molar-refractivity contribution is -0.385. The molecule has 0 aliphatic heterocycles. The van der Waals surface area contributed by atoms with E-state index in [-0.39, 0.29) is 45.0 Å². The number of hydrogen-bond acceptors (Lipinski definition) is 15. The van der Waals surface area contributed by atoms with E-state index >= 15 is 0 Å². The van der Waals surface area contributed by atoms with Crippen molar-refractivity contribution in [1.82, 2.24) is 10.6 Å².